The number of carbonyl (C=O) groups excluding carboxylic acids is 1. The van der Waals surface area contributed by atoms with Crippen LogP contribution in [-0.4, -0.2) is 12.5 Å². The van der Waals surface area contributed by atoms with E-state index in [4.69, 9.17) is 5.73 Å². The Balaban J connectivity index is 2.21. The maximum absolute atomic E-state index is 13.2. The molecule has 0 heterocycles. The number of nitrogens with two attached hydrogens (primary N) is 1. The number of rotatable bonds is 4. The molecule has 0 aliphatic rings. The molecule has 0 spiro atoms. The summed E-state index contributed by atoms with van der Waals surface area (Å²) in [5.41, 5.74) is 8.24. The van der Waals surface area contributed by atoms with Crippen LogP contribution in [-0.2, 0) is 0 Å². The van der Waals surface area contributed by atoms with Crippen LogP contribution in [0.3, 0.4) is 0 Å². The Morgan fingerprint density at radius 3 is 2.67 bits per heavy atom. The van der Waals surface area contributed by atoms with E-state index in [1.807, 2.05) is 6.92 Å². The van der Waals surface area contributed by atoms with Crippen LogP contribution in [0.1, 0.15) is 17.3 Å². The highest BCUT2D eigenvalue weighted by atomic mass is 79.9. The lowest BCUT2D eigenvalue weighted by molar-refractivity contribution is 0.0956. The van der Waals surface area contributed by atoms with Crippen molar-refractivity contribution in [3.05, 3.63) is 52.3 Å². The largest absolute Gasteiger partial charge is 0.397 e. The molecule has 0 radical (unpaired) electrons. The number of benzene rings is 2. The van der Waals surface area contributed by atoms with Gasteiger partial charge in [0.05, 0.1) is 15.8 Å². The normalized spacial score (nSPS) is 10.2. The van der Waals surface area contributed by atoms with Gasteiger partial charge in [-0.3, -0.25) is 4.79 Å². The number of carbonyl (C=O) groups is 1. The summed E-state index contributed by atoms with van der Waals surface area (Å²) in [6.07, 6.45) is 0. The van der Waals surface area contributed by atoms with E-state index in [9.17, 15) is 9.18 Å². The van der Waals surface area contributed by atoms with Gasteiger partial charge in [-0.2, -0.15) is 0 Å². The van der Waals surface area contributed by atoms with E-state index in [1.54, 1.807) is 30.3 Å². The number of hydrogen-bond donors (Lipinski definition) is 3. The smallest absolute Gasteiger partial charge is 0.251 e. The second-order valence-corrected chi connectivity index (χ2v) is 5.27. The van der Waals surface area contributed by atoms with Crippen molar-refractivity contribution in [3.63, 3.8) is 0 Å². The third-order valence-corrected chi connectivity index (χ3v) is 3.46. The van der Waals surface area contributed by atoms with Gasteiger partial charge in [0.15, 0.2) is 0 Å². The molecular weight excluding hydrogens is 337 g/mol. The molecule has 2 rings (SSSR count). The fourth-order valence-corrected chi connectivity index (χ4v) is 2.19. The molecule has 6 heteroatoms. The number of anilines is 3. The Morgan fingerprint density at radius 1 is 1.29 bits per heavy atom. The van der Waals surface area contributed by atoms with Gasteiger partial charge in [0, 0.05) is 17.8 Å². The van der Waals surface area contributed by atoms with E-state index in [2.05, 4.69) is 26.6 Å². The SMILES string of the molecule is CCNC(=O)c1ccc(Nc2ccc(F)c(Br)c2)c(N)c1. The number of amides is 1. The Kier molecular flexibility index (Phi) is 4.80. The minimum Gasteiger partial charge on any atom is -0.397 e. The number of halogens is 2. The van der Waals surface area contributed by atoms with E-state index in [0.717, 1.165) is 0 Å². The van der Waals surface area contributed by atoms with Crippen LogP contribution in [0, 0.1) is 5.82 Å². The van der Waals surface area contributed by atoms with Crippen molar-refractivity contribution in [1.82, 2.24) is 5.32 Å². The van der Waals surface area contributed by atoms with Gasteiger partial charge in [-0.05, 0) is 59.3 Å². The first-order valence-electron chi connectivity index (χ1n) is 6.41. The maximum atomic E-state index is 13.2. The summed E-state index contributed by atoms with van der Waals surface area (Å²) in [5.74, 6) is -0.500. The van der Waals surface area contributed by atoms with E-state index >= 15 is 0 Å². The van der Waals surface area contributed by atoms with Crippen molar-refractivity contribution < 1.29 is 9.18 Å². The Labute approximate surface area is 130 Å². The van der Waals surface area contributed by atoms with Crippen molar-refractivity contribution in [2.45, 2.75) is 6.92 Å². The van der Waals surface area contributed by atoms with Crippen LogP contribution >= 0.6 is 15.9 Å². The predicted octanol–water partition coefficient (Wildman–Crippen LogP) is 3.66. The second kappa shape index (κ2) is 6.58. The first-order valence-corrected chi connectivity index (χ1v) is 7.20. The molecule has 0 aromatic heterocycles. The molecule has 0 atom stereocenters. The Bertz CT molecular complexity index is 676. The van der Waals surface area contributed by atoms with Crippen molar-refractivity contribution >= 4 is 38.9 Å². The first kappa shape index (κ1) is 15.3. The molecule has 2 aromatic carbocycles. The van der Waals surface area contributed by atoms with E-state index < -0.39 is 0 Å². The number of nitrogen functional groups attached to an aromatic ring is 1. The standard InChI is InChI=1S/C15H15BrFN3O/c1-2-19-15(21)9-3-6-14(13(18)7-9)20-10-4-5-12(17)11(16)8-10/h3-8,20H,2,18H2,1H3,(H,19,21). The van der Waals surface area contributed by atoms with Crippen molar-refractivity contribution in [2.75, 3.05) is 17.6 Å². The van der Waals surface area contributed by atoms with Crippen molar-refractivity contribution in [2.24, 2.45) is 0 Å². The summed E-state index contributed by atoms with van der Waals surface area (Å²) < 4.78 is 13.6. The topological polar surface area (TPSA) is 67.2 Å². The van der Waals surface area contributed by atoms with Gasteiger partial charge < -0.3 is 16.4 Å². The number of hydrogen-bond acceptors (Lipinski definition) is 3. The molecule has 2 aromatic rings. The van der Waals surface area contributed by atoms with E-state index in [1.165, 1.54) is 6.07 Å². The fraction of sp³-hybridized carbons (Fsp3) is 0.133. The van der Waals surface area contributed by atoms with Gasteiger partial charge in [-0.1, -0.05) is 0 Å². The molecule has 0 bridgehead atoms. The summed E-state index contributed by atoms with van der Waals surface area (Å²) in [5, 5.41) is 5.79. The molecule has 0 aliphatic heterocycles. The monoisotopic (exact) mass is 351 g/mol. The fourth-order valence-electron chi connectivity index (χ4n) is 1.81. The summed E-state index contributed by atoms with van der Waals surface area (Å²) >= 11 is 3.13. The Hall–Kier alpha value is -2.08. The quantitative estimate of drug-likeness (QED) is 0.736. The lowest BCUT2D eigenvalue weighted by Crippen LogP contribution is -2.22. The molecule has 0 saturated heterocycles. The van der Waals surface area contributed by atoms with Crippen LogP contribution in [0.2, 0.25) is 0 Å². The molecule has 4 N–H and O–H groups in total. The zero-order valence-electron chi connectivity index (χ0n) is 11.4. The minimum absolute atomic E-state index is 0.166. The predicted molar refractivity (Wildman–Crippen MR) is 86.2 cm³/mol. The van der Waals surface area contributed by atoms with Gasteiger partial charge in [0.1, 0.15) is 5.82 Å². The maximum Gasteiger partial charge on any atom is 0.251 e. The lowest BCUT2D eigenvalue weighted by Gasteiger charge is -2.11. The molecule has 110 valence electrons. The number of nitrogens with one attached hydrogen (secondary N) is 2. The van der Waals surface area contributed by atoms with Crippen LogP contribution in [0.15, 0.2) is 40.9 Å². The molecule has 21 heavy (non-hydrogen) atoms. The van der Waals surface area contributed by atoms with Crippen LogP contribution in [0.25, 0.3) is 0 Å². The zero-order valence-corrected chi connectivity index (χ0v) is 13.0. The van der Waals surface area contributed by atoms with E-state index in [-0.39, 0.29) is 11.7 Å². The average Bonchev–Trinajstić information content (AvgIpc) is 2.45. The highest BCUT2D eigenvalue weighted by Gasteiger charge is 2.08. The molecular formula is C15H15BrFN3O. The molecule has 0 saturated carbocycles. The second-order valence-electron chi connectivity index (χ2n) is 4.42. The molecule has 0 unspecified atom stereocenters. The third-order valence-electron chi connectivity index (χ3n) is 2.85. The minimum atomic E-state index is -0.333. The highest BCUT2D eigenvalue weighted by Crippen LogP contribution is 2.27. The van der Waals surface area contributed by atoms with Crippen molar-refractivity contribution in [3.8, 4) is 0 Å². The summed E-state index contributed by atoms with van der Waals surface area (Å²) in [6, 6.07) is 9.58. The molecule has 0 aliphatic carbocycles. The van der Waals surface area contributed by atoms with Gasteiger partial charge in [0.25, 0.3) is 5.91 Å². The Morgan fingerprint density at radius 2 is 2.05 bits per heavy atom. The highest BCUT2D eigenvalue weighted by molar-refractivity contribution is 9.10. The van der Waals surface area contributed by atoms with Gasteiger partial charge in [-0.15, -0.1) is 0 Å². The van der Waals surface area contributed by atoms with Crippen LogP contribution in [0.5, 0.6) is 0 Å². The summed E-state index contributed by atoms with van der Waals surface area (Å²) in [6.45, 7) is 2.41. The first-order chi connectivity index (χ1) is 10.0. The average molecular weight is 352 g/mol. The zero-order chi connectivity index (χ0) is 15.4. The third kappa shape index (κ3) is 3.72. The summed E-state index contributed by atoms with van der Waals surface area (Å²) in [7, 11) is 0. The van der Waals surface area contributed by atoms with E-state index in [0.29, 0.717) is 33.6 Å². The molecule has 1 amide bonds. The van der Waals surface area contributed by atoms with Gasteiger partial charge >= 0.3 is 0 Å². The van der Waals surface area contributed by atoms with Crippen molar-refractivity contribution in [1.29, 1.82) is 0 Å². The molecule has 0 fully saturated rings. The van der Waals surface area contributed by atoms with Gasteiger partial charge in [-0.25, -0.2) is 4.39 Å². The lowest BCUT2D eigenvalue weighted by atomic mass is 10.1. The van der Waals surface area contributed by atoms with Crippen LogP contribution in [0.4, 0.5) is 21.5 Å². The molecule has 4 nitrogen and oxygen atoms in total. The summed E-state index contributed by atoms with van der Waals surface area (Å²) in [4.78, 5) is 11.7. The van der Waals surface area contributed by atoms with Gasteiger partial charge in [0.2, 0.25) is 0 Å². The van der Waals surface area contributed by atoms with Crippen LogP contribution < -0.4 is 16.4 Å².